The molecule has 2 atom stereocenters. The lowest BCUT2D eigenvalue weighted by Crippen LogP contribution is -2.54. The van der Waals surface area contributed by atoms with Gasteiger partial charge < -0.3 is 26.4 Å². The van der Waals surface area contributed by atoms with Crippen LogP contribution in [0.5, 0.6) is 0 Å². The van der Waals surface area contributed by atoms with Crippen LogP contribution in [-0.4, -0.2) is 53.3 Å². The molecule has 218 valence electrons. The van der Waals surface area contributed by atoms with E-state index in [9.17, 15) is 32.8 Å². The van der Waals surface area contributed by atoms with Gasteiger partial charge in [-0.2, -0.15) is 0 Å². The van der Waals surface area contributed by atoms with E-state index in [1.807, 2.05) is 20.8 Å². The number of halogens is 2. The highest BCUT2D eigenvalue weighted by Crippen LogP contribution is 2.11. The minimum absolute atomic E-state index is 0.0583. The van der Waals surface area contributed by atoms with E-state index in [1.54, 1.807) is 0 Å². The van der Waals surface area contributed by atoms with E-state index in [1.165, 1.54) is 13.0 Å². The molecule has 4 amide bonds. The van der Waals surface area contributed by atoms with Gasteiger partial charge in [-0.25, -0.2) is 8.78 Å². The number of hydrogen-bond acceptors (Lipinski definition) is 5. The summed E-state index contributed by atoms with van der Waals surface area (Å²) in [5.41, 5.74) is -0.139. The summed E-state index contributed by atoms with van der Waals surface area (Å²) in [7, 11) is 0. The number of hydrogen-bond donors (Lipinski definition) is 5. The van der Waals surface area contributed by atoms with Crippen molar-refractivity contribution in [3.05, 3.63) is 35.4 Å². The second-order valence-electron chi connectivity index (χ2n) is 10.7. The summed E-state index contributed by atoms with van der Waals surface area (Å²) in [5.74, 6) is -4.75. The molecular formula is C27H40F2N4O6. The molecule has 0 heterocycles. The summed E-state index contributed by atoms with van der Waals surface area (Å²) < 4.78 is 26.9. The Hall–Kier alpha value is -3.57. The van der Waals surface area contributed by atoms with Crippen LogP contribution >= 0.6 is 0 Å². The average Bonchev–Trinajstić information content (AvgIpc) is 2.83. The minimum Gasteiger partial charge on any atom is -0.481 e. The van der Waals surface area contributed by atoms with Crippen LogP contribution in [-0.2, 0) is 30.5 Å². The Kier molecular flexibility index (Phi) is 14.1. The molecule has 1 rings (SSSR count). The summed E-state index contributed by atoms with van der Waals surface area (Å²) in [6.45, 7) is 7.29. The van der Waals surface area contributed by atoms with Crippen molar-refractivity contribution in [3.8, 4) is 0 Å². The zero-order valence-electron chi connectivity index (χ0n) is 23.0. The number of unbranched alkanes of at least 4 members (excludes halogenated alkanes) is 3. The van der Waals surface area contributed by atoms with Gasteiger partial charge >= 0.3 is 5.97 Å². The molecule has 0 fully saturated rings. The smallest absolute Gasteiger partial charge is 0.303 e. The van der Waals surface area contributed by atoms with Crippen molar-refractivity contribution in [2.24, 2.45) is 5.41 Å². The van der Waals surface area contributed by atoms with Crippen molar-refractivity contribution in [1.29, 1.82) is 0 Å². The molecule has 0 aromatic heterocycles. The quantitative estimate of drug-likeness (QED) is 0.198. The Morgan fingerprint density at radius 2 is 1.51 bits per heavy atom. The van der Waals surface area contributed by atoms with Gasteiger partial charge in [-0.3, -0.25) is 24.0 Å². The van der Waals surface area contributed by atoms with Crippen LogP contribution in [0.1, 0.15) is 78.2 Å². The molecule has 5 N–H and O–H groups in total. The summed E-state index contributed by atoms with van der Waals surface area (Å²) in [5, 5.41) is 18.9. The third-order valence-corrected chi connectivity index (χ3v) is 5.62. The number of carbonyl (C=O) groups excluding carboxylic acids is 4. The maximum Gasteiger partial charge on any atom is 0.303 e. The molecule has 12 heteroatoms. The first-order valence-electron chi connectivity index (χ1n) is 13.0. The highest BCUT2D eigenvalue weighted by Gasteiger charge is 2.27. The van der Waals surface area contributed by atoms with Crippen LogP contribution in [0.2, 0.25) is 0 Å². The van der Waals surface area contributed by atoms with Gasteiger partial charge in [0.2, 0.25) is 23.6 Å². The third kappa shape index (κ3) is 14.8. The number of amides is 4. The number of carbonyl (C=O) groups is 5. The van der Waals surface area contributed by atoms with E-state index in [4.69, 9.17) is 5.11 Å². The molecule has 39 heavy (non-hydrogen) atoms. The van der Waals surface area contributed by atoms with Crippen LogP contribution in [0.4, 0.5) is 8.78 Å². The molecule has 1 aromatic carbocycles. The summed E-state index contributed by atoms with van der Waals surface area (Å²) in [6.07, 6.45) is 2.06. The van der Waals surface area contributed by atoms with Crippen LogP contribution in [0.25, 0.3) is 0 Å². The number of rotatable bonds is 16. The standard InChI is InChI=1S/C27H40F2N4O6/c1-17(25(38)30-15-18-11-12-19(28)13-20(18)29)32-26(39)21(14-23(35)31-16-27(2,3)4)33-22(34)9-7-5-6-8-10-24(36)37/h11-13,17,21H,5-10,14-16H2,1-4H3,(H,30,38)(H,31,35)(H,32,39)(H,33,34)(H,36,37)/t17-,21-/m0/s1. The Bertz CT molecular complexity index is 1010. The van der Waals surface area contributed by atoms with Crippen molar-refractivity contribution >= 4 is 29.6 Å². The first kappa shape index (κ1) is 33.5. The van der Waals surface area contributed by atoms with Crippen LogP contribution in [0, 0.1) is 17.0 Å². The summed E-state index contributed by atoms with van der Waals surface area (Å²) in [4.78, 5) is 60.9. The molecule has 0 spiro atoms. The highest BCUT2D eigenvalue weighted by molar-refractivity contribution is 5.94. The molecule has 0 bridgehead atoms. The van der Waals surface area contributed by atoms with Gasteiger partial charge in [-0.05, 0) is 31.2 Å². The predicted octanol–water partition coefficient (Wildman–Crippen LogP) is 2.55. The van der Waals surface area contributed by atoms with Gasteiger partial charge in [0.05, 0.1) is 6.42 Å². The second-order valence-corrected chi connectivity index (χ2v) is 10.7. The Morgan fingerprint density at radius 1 is 0.872 bits per heavy atom. The third-order valence-electron chi connectivity index (χ3n) is 5.62. The monoisotopic (exact) mass is 554 g/mol. The Labute approximate surface area is 227 Å². The highest BCUT2D eigenvalue weighted by atomic mass is 19.1. The first-order valence-corrected chi connectivity index (χ1v) is 13.0. The van der Waals surface area contributed by atoms with E-state index < -0.39 is 53.3 Å². The van der Waals surface area contributed by atoms with Crippen molar-refractivity contribution in [2.45, 2.75) is 91.3 Å². The van der Waals surface area contributed by atoms with E-state index in [-0.39, 0.29) is 36.8 Å². The molecule has 10 nitrogen and oxygen atoms in total. The van der Waals surface area contributed by atoms with Gasteiger partial charge in [-0.15, -0.1) is 0 Å². The molecule has 0 radical (unpaired) electrons. The Balaban J connectivity index is 2.71. The summed E-state index contributed by atoms with van der Waals surface area (Å²) >= 11 is 0. The maximum atomic E-state index is 13.8. The van der Waals surface area contributed by atoms with Crippen LogP contribution in [0.3, 0.4) is 0 Å². The lowest BCUT2D eigenvalue weighted by Gasteiger charge is -2.23. The fraction of sp³-hybridized carbons (Fsp3) is 0.593. The topological polar surface area (TPSA) is 154 Å². The van der Waals surface area contributed by atoms with Gasteiger partial charge in [0, 0.05) is 37.6 Å². The van der Waals surface area contributed by atoms with Gasteiger partial charge in [-0.1, -0.05) is 39.7 Å². The van der Waals surface area contributed by atoms with Crippen molar-refractivity contribution in [1.82, 2.24) is 21.3 Å². The van der Waals surface area contributed by atoms with Gasteiger partial charge in [0.1, 0.15) is 23.7 Å². The van der Waals surface area contributed by atoms with E-state index in [0.29, 0.717) is 38.3 Å². The fourth-order valence-corrected chi connectivity index (χ4v) is 3.39. The molecule has 1 aromatic rings. The van der Waals surface area contributed by atoms with E-state index >= 15 is 0 Å². The molecule has 0 unspecified atom stereocenters. The van der Waals surface area contributed by atoms with Crippen LogP contribution < -0.4 is 21.3 Å². The maximum absolute atomic E-state index is 13.8. The number of nitrogens with one attached hydrogen (secondary N) is 4. The molecule has 0 saturated carbocycles. The predicted molar refractivity (Wildman–Crippen MR) is 140 cm³/mol. The largest absolute Gasteiger partial charge is 0.481 e. The van der Waals surface area contributed by atoms with Gasteiger partial charge in [0.15, 0.2) is 0 Å². The fourth-order valence-electron chi connectivity index (χ4n) is 3.39. The van der Waals surface area contributed by atoms with E-state index in [0.717, 1.165) is 6.07 Å². The molecule has 0 saturated heterocycles. The van der Waals surface area contributed by atoms with Crippen molar-refractivity contribution in [2.75, 3.05) is 6.54 Å². The Morgan fingerprint density at radius 3 is 2.10 bits per heavy atom. The van der Waals surface area contributed by atoms with Crippen molar-refractivity contribution < 1.29 is 37.9 Å². The normalized spacial score (nSPS) is 12.7. The number of benzene rings is 1. The average molecular weight is 555 g/mol. The number of carboxylic acid groups (broad SMARTS) is 1. The van der Waals surface area contributed by atoms with E-state index in [2.05, 4.69) is 21.3 Å². The summed E-state index contributed by atoms with van der Waals surface area (Å²) in [6, 6.07) is 0.633. The molecular weight excluding hydrogens is 514 g/mol. The van der Waals surface area contributed by atoms with Crippen molar-refractivity contribution in [3.63, 3.8) is 0 Å². The van der Waals surface area contributed by atoms with Crippen LogP contribution in [0.15, 0.2) is 18.2 Å². The minimum atomic E-state index is -1.24. The zero-order chi connectivity index (χ0) is 29.6. The molecule has 0 aliphatic heterocycles. The first-order chi connectivity index (χ1) is 18.2. The SMILES string of the molecule is C[C@H](NC(=O)[C@H](CC(=O)NCC(C)(C)C)NC(=O)CCCCCCC(=O)O)C(=O)NCc1ccc(F)cc1F. The van der Waals surface area contributed by atoms with Gasteiger partial charge in [0.25, 0.3) is 0 Å². The number of aliphatic carboxylic acids is 1. The second kappa shape index (κ2) is 16.4. The zero-order valence-corrected chi connectivity index (χ0v) is 23.0. The number of carboxylic acids is 1. The lowest BCUT2D eigenvalue weighted by molar-refractivity contribution is -0.137. The lowest BCUT2D eigenvalue weighted by atomic mass is 9.97. The molecule has 0 aliphatic rings. The molecule has 0 aliphatic carbocycles.